The third-order valence-electron chi connectivity index (χ3n) is 4.40. The topological polar surface area (TPSA) is 85.4 Å². The van der Waals surface area contributed by atoms with Gasteiger partial charge in [0.2, 0.25) is 5.96 Å². The van der Waals surface area contributed by atoms with E-state index in [0.717, 1.165) is 42.9 Å². The van der Waals surface area contributed by atoms with Crippen LogP contribution in [0.25, 0.3) is 0 Å². The zero-order chi connectivity index (χ0) is 20.3. The molecular weight excluding hydrogens is 366 g/mol. The Bertz CT molecular complexity index is 893. The molecule has 2 aromatic rings. The summed E-state index contributed by atoms with van der Waals surface area (Å²) in [5.74, 6) is -0.636. The number of rotatable bonds is 4. The predicted octanol–water partition coefficient (Wildman–Crippen LogP) is 2.92. The van der Waals surface area contributed by atoms with Crippen molar-refractivity contribution in [1.29, 1.82) is 0 Å². The maximum absolute atomic E-state index is 13.4. The molecule has 1 aromatic carbocycles. The van der Waals surface area contributed by atoms with Gasteiger partial charge >= 0.3 is 0 Å². The highest BCUT2D eigenvalue weighted by molar-refractivity contribution is 6.10. The number of carbonyl (C=O) groups is 1. The number of halogens is 2. The van der Waals surface area contributed by atoms with E-state index >= 15 is 0 Å². The lowest BCUT2D eigenvalue weighted by Gasteiger charge is -2.23. The number of amides is 1. The fourth-order valence-electron chi connectivity index (χ4n) is 2.93. The van der Waals surface area contributed by atoms with Gasteiger partial charge in [-0.1, -0.05) is 13.8 Å². The SMILES string of the molecule is CC(C)CN=C(NC(=O)c1ccc(F)c(F)c1)Nc1[nH]nc2c1CCCN2C. The van der Waals surface area contributed by atoms with Gasteiger partial charge in [0.1, 0.15) is 5.82 Å². The van der Waals surface area contributed by atoms with E-state index in [9.17, 15) is 13.6 Å². The first-order valence-electron chi connectivity index (χ1n) is 9.21. The molecule has 0 saturated carbocycles. The van der Waals surface area contributed by atoms with Crippen molar-refractivity contribution in [2.75, 3.05) is 30.4 Å². The number of anilines is 2. The van der Waals surface area contributed by atoms with E-state index in [1.807, 2.05) is 20.9 Å². The number of H-pyrrole nitrogens is 1. The zero-order valence-corrected chi connectivity index (χ0v) is 16.1. The van der Waals surface area contributed by atoms with Crippen LogP contribution < -0.4 is 15.5 Å². The molecule has 0 saturated heterocycles. The molecule has 1 aliphatic heterocycles. The molecule has 0 radical (unpaired) electrons. The summed E-state index contributed by atoms with van der Waals surface area (Å²) in [6.45, 7) is 5.42. The number of aromatic amines is 1. The molecular formula is C19H24F2N6O. The summed E-state index contributed by atoms with van der Waals surface area (Å²) >= 11 is 0. The number of nitrogens with zero attached hydrogens (tertiary/aromatic N) is 3. The van der Waals surface area contributed by atoms with Gasteiger partial charge in [-0.05, 0) is 37.0 Å². The number of fused-ring (bicyclic) bond motifs is 1. The van der Waals surface area contributed by atoms with Crippen LogP contribution in [-0.2, 0) is 6.42 Å². The number of guanidine groups is 1. The first-order valence-corrected chi connectivity index (χ1v) is 9.21. The maximum atomic E-state index is 13.4. The molecule has 3 N–H and O–H groups in total. The van der Waals surface area contributed by atoms with Gasteiger partial charge in [-0.2, -0.15) is 5.10 Å². The van der Waals surface area contributed by atoms with E-state index in [1.165, 1.54) is 6.07 Å². The Balaban J connectivity index is 1.81. The maximum Gasteiger partial charge on any atom is 0.258 e. The average Bonchev–Trinajstić information content (AvgIpc) is 3.06. The number of aromatic nitrogens is 2. The van der Waals surface area contributed by atoms with Crippen molar-refractivity contribution in [2.45, 2.75) is 26.7 Å². The van der Waals surface area contributed by atoms with Gasteiger partial charge < -0.3 is 10.2 Å². The second-order valence-corrected chi connectivity index (χ2v) is 7.22. The highest BCUT2D eigenvalue weighted by Crippen LogP contribution is 2.29. The molecule has 28 heavy (non-hydrogen) atoms. The number of nitrogens with one attached hydrogen (secondary N) is 3. The summed E-state index contributed by atoms with van der Waals surface area (Å²) in [5.41, 5.74) is 1.03. The largest absolute Gasteiger partial charge is 0.358 e. The molecule has 9 heteroatoms. The fourth-order valence-corrected chi connectivity index (χ4v) is 2.93. The summed E-state index contributed by atoms with van der Waals surface area (Å²) in [7, 11) is 1.97. The molecule has 0 unspecified atom stereocenters. The van der Waals surface area contributed by atoms with E-state index in [4.69, 9.17) is 0 Å². The molecule has 7 nitrogen and oxygen atoms in total. The van der Waals surface area contributed by atoms with Gasteiger partial charge in [0.25, 0.3) is 5.91 Å². The van der Waals surface area contributed by atoms with Crippen molar-refractivity contribution >= 4 is 23.5 Å². The Morgan fingerprint density at radius 1 is 1.36 bits per heavy atom. The van der Waals surface area contributed by atoms with Gasteiger partial charge in [0.15, 0.2) is 17.5 Å². The Labute approximate surface area is 162 Å². The second kappa shape index (κ2) is 8.37. The van der Waals surface area contributed by atoms with E-state index in [0.29, 0.717) is 12.4 Å². The van der Waals surface area contributed by atoms with E-state index in [1.54, 1.807) is 0 Å². The number of aliphatic imine (C=N–C) groups is 1. The lowest BCUT2D eigenvalue weighted by atomic mass is 10.1. The van der Waals surface area contributed by atoms with Crippen molar-refractivity contribution in [1.82, 2.24) is 15.5 Å². The summed E-state index contributed by atoms with van der Waals surface area (Å²) in [4.78, 5) is 19.0. The minimum Gasteiger partial charge on any atom is -0.358 e. The third kappa shape index (κ3) is 4.47. The minimum absolute atomic E-state index is 0.00400. The molecule has 3 rings (SSSR count). The molecule has 1 aromatic heterocycles. The zero-order valence-electron chi connectivity index (χ0n) is 16.1. The smallest absolute Gasteiger partial charge is 0.258 e. The summed E-state index contributed by atoms with van der Waals surface area (Å²) in [6.07, 6.45) is 1.85. The highest BCUT2D eigenvalue weighted by atomic mass is 19.2. The molecule has 0 spiro atoms. The number of hydrogen-bond acceptors (Lipinski definition) is 4. The lowest BCUT2D eigenvalue weighted by molar-refractivity contribution is 0.0976. The van der Waals surface area contributed by atoms with E-state index < -0.39 is 17.5 Å². The molecule has 1 aliphatic rings. The van der Waals surface area contributed by atoms with Crippen LogP contribution in [0.4, 0.5) is 20.4 Å². The van der Waals surface area contributed by atoms with Crippen molar-refractivity contribution in [2.24, 2.45) is 10.9 Å². The standard InChI is InChI=1S/C19H24F2N6O/c1-11(2)10-22-19(24-18(28)12-6-7-14(20)15(21)9-12)23-16-13-5-4-8-27(3)17(13)26-25-16/h6-7,9,11H,4-5,8,10H2,1-3H3,(H3,22,23,24,25,26,28). The highest BCUT2D eigenvalue weighted by Gasteiger charge is 2.22. The second-order valence-electron chi connectivity index (χ2n) is 7.22. The van der Waals surface area contributed by atoms with Crippen LogP contribution in [0.1, 0.15) is 36.2 Å². The molecule has 1 amide bonds. The average molecular weight is 390 g/mol. The molecule has 0 atom stereocenters. The minimum atomic E-state index is -1.08. The van der Waals surface area contributed by atoms with Crippen LogP contribution in [0.2, 0.25) is 0 Å². The predicted molar refractivity (Wildman–Crippen MR) is 105 cm³/mol. The van der Waals surface area contributed by atoms with Gasteiger partial charge in [-0.25, -0.2) is 8.78 Å². The third-order valence-corrected chi connectivity index (χ3v) is 4.40. The van der Waals surface area contributed by atoms with Crippen LogP contribution in [-0.4, -0.2) is 42.2 Å². The molecule has 0 fully saturated rings. The summed E-state index contributed by atoms with van der Waals surface area (Å²) in [6, 6.07) is 3.00. The van der Waals surface area contributed by atoms with Gasteiger partial charge in [-0.15, -0.1) is 0 Å². The number of benzene rings is 1. The summed E-state index contributed by atoms with van der Waals surface area (Å²) < 4.78 is 26.6. The van der Waals surface area contributed by atoms with Crippen molar-refractivity contribution in [3.8, 4) is 0 Å². The molecule has 0 aliphatic carbocycles. The Hall–Kier alpha value is -2.97. The molecule has 2 heterocycles. The van der Waals surface area contributed by atoms with Crippen LogP contribution in [0, 0.1) is 17.6 Å². The normalized spacial score (nSPS) is 14.2. The van der Waals surface area contributed by atoms with Crippen LogP contribution in [0.5, 0.6) is 0 Å². The molecule has 0 bridgehead atoms. The quantitative estimate of drug-likeness (QED) is 0.554. The van der Waals surface area contributed by atoms with E-state index in [2.05, 4.69) is 30.7 Å². The van der Waals surface area contributed by atoms with E-state index in [-0.39, 0.29) is 17.4 Å². The van der Waals surface area contributed by atoms with Crippen LogP contribution in [0.15, 0.2) is 23.2 Å². The lowest BCUT2D eigenvalue weighted by Crippen LogP contribution is -2.37. The Kier molecular flexibility index (Phi) is 5.91. The van der Waals surface area contributed by atoms with Crippen LogP contribution in [0.3, 0.4) is 0 Å². The van der Waals surface area contributed by atoms with Gasteiger partial charge in [0, 0.05) is 31.3 Å². The first-order chi connectivity index (χ1) is 13.3. The fraction of sp³-hybridized carbons (Fsp3) is 0.421. The van der Waals surface area contributed by atoms with Crippen molar-refractivity contribution in [3.05, 3.63) is 41.0 Å². The molecule has 150 valence electrons. The van der Waals surface area contributed by atoms with Crippen molar-refractivity contribution < 1.29 is 13.6 Å². The summed E-state index contributed by atoms with van der Waals surface area (Å²) in [5, 5.41) is 13.0. The Morgan fingerprint density at radius 2 is 2.14 bits per heavy atom. The monoisotopic (exact) mass is 390 g/mol. The number of carbonyl (C=O) groups excluding carboxylic acids is 1. The van der Waals surface area contributed by atoms with Gasteiger partial charge in [0.05, 0.1) is 0 Å². The van der Waals surface area contributed by atoms with Crippen molar-refractivity contribution in [3.63, 3.8) is 0 Å². The number of hydrogen-bond donors (Lipinski definition) is 3. The van der Waals surface area contributed by atoms with Gasteiger partial charge in [-0.3, -0.25) is 20.2 Å². The Morgan fingerprint density at radius 3 is 2.86 bits per heavy atom. The van der Waals surface area contributed by atoms with Crippen LogP contribution >= 0.6 is 0 Å². The first kappa shape index (κ1) is 19.8.